The summed E-state index contributed by atoms with van der Waals surface area (Å²) in [6.45, 7) is 5.49. The summed E-state index contributed by atoms with van der Waals surface area (Å²) < 4.78 is 20.0. The topological polar surface area (TPSA) is 69.0 Å². The molecule has 124 valence electrons. The van der Waals surface area contributed by atoms with Crippen LogP contribution in [0.25, 0.3) is 0 Å². The number of aryl methyl sites for hydroxylation is 1. The number of amides is 1. The molecule has 0 aliphatic heterocycles. The number of ether oxygens (including phenoxy) is 1. The molecule has 1 aromatic carbocycles. The van der Waals surface area contributed by atoms with Gasteiger partial charge in [-0.1, -0.05) is 25.4 Å². The average molecular weight is 341 g/mol. The highest BCUT2D eigenvalue weighted by molar-refractivity contribution is 6.32. The zero-order valence-electron chi connectivity index (χ0n) is 13.3. The van der Waals surface area contributed by atoms with Gasteiger partial charge in [0, 0.05) is 13.0 Å². The third kappa shape index (κ3) is 4.19. The van der Waals surface area contributed by atoms with E-state index in [4.69, 9.17) is 16.3 Å². The predicted molar refractivity (Wildman–Crippen MR) is 85.2 cm³/mol. The summed E-state index contributed by atoms with van der Waals surface area (Å²) in [4.78, 5) is 16.4. The van der Waals surface area contributed by atoms with Crippen LogP contribution in [0.3, 0.4) is 0 Å². The van der Waals surface area contributed by atoms with Gasteiger partial charge in [-0.25, -0.2) is 9.07 Å². The van der Waals surface area contributed by atoms with Crippen molar-refractivity contribution < 1.29 is 13.9 Å². The van der Waals surface area contributed by atoms with Crippen LogP contribution in [0.4, 0.5) is 10.3 Å². The van der Waals surface area contributed by atoms with E-state index in [1.165, 1.54) is 16.8 Å². The summed E-state index contributed by atoms with van der Waals surface area (Å²) in [5.41, 5.74) is 0. The molecular formula is C15H18ClFN4O2. The van der Waals surface area contributed by atoms with Gasteiger partial charge in [-0.3, -0.25) is 10.1 Å². The van der Waals surface area contributed by atoms with Crippen molar-refractivity contribution in [1.29, 1.82) is 0 Å². The Labute approximate surface area is 138 Å². The van der Waals surface area contributed by atoms with Crippen molar-refractivity contribution in [3.8, 4) is 5.75 Å². The first-order valence-corrected chi connectivity index (χ1v) is 7.49. The Balaban J connectivity index is 2.05. The molecule has 2 rings (SSSR count). The van der Waals surface area contributed by atoms with Crippen LogP contribution in [-0.4, -0.2) is 26.8 Å². The second-order valence-corrected chi connectivity index (χ2v) is 5.80. The molecule has 0 saturated heterocycles. The molecule has 1 unspecified atom stereocenters. The molecule has 1 heterocycles. The number of carbonyl (C=O) groups excluding carboxylic acids is 1. The third-order valence-corrected chi connectivity index (χ3v) is 3.39. The van der Waals surface area contributed by atoms with Gasteiger partial charge in [0.05, 0.1) is 5.02 Å². The van der Waals surface area contributed by atoms with Gasteiger partial charge in [0.1, 0.15) is 11.6 Å². The minimum Gasteiger partial charge on any atom is -0.479 e. The van der Waals surface area contributed by atoms with E-state index in [1.807, 2.05) is 13.8 Å². The van der Waals surface area contributed by atoms with E-state index in [1.54, 1.807) is 14.0 Å². The first kappa shape index (κ1) is 17.2. The minimum atomic E-state index is -0.836. The van der Waals surface area contributed by atoms with Crippen molar-refractivity contribution in [2.45, 2.75) is 32.8 Å². The van der Waals surface area contributed by atoms with Crippen LogP contribution in [0.15, 0.2) is 18.2 Å². The van der Waals surface area contributed by atoms with Gasteiger partial charge < -0.3 is 4.74 Å². The van der Waals surface area contributed by atoms with Gasteiger partial charge in [0.25, 0.3) is 5.91 Å². The number of nitrogens with one attached hydrogen (secondary N) is 1. The molecule has 2 aromatic rings. The lowest BCUT2D eigenvalue weighted by Crippen LogP contribution is -2.31. The highest BCUT2D eigenvalue weighted by atomic mass is 35.5. The number of nitrogens with zero attached hydrogens (tertiary/aromatic N) is 3. The molecule has 23 heavy (non-hydrogen) atoms. The fourth-order valence-corrected chi connectivity index (χ4v) is 2.00. The Bertz CT molecular complexity index is 717. The number of hydrogen-bond acceptors (Lipinski definition) is 4. The second kappa shape index (κ2) is 6.95. The van der Waals surface area contributed by atoms with Crippen molar-refractivity contribution >= 4 is 23.5 Å². The van der Waals surface area contributed by atoms with Gasteiger partial charge >= 0.3 is 0 Å². The number of benzene rings is 1. The monoisotopic (exact) mass is 340 g/mol. The van der Waals surface area contributed by atoms with Gasteiger partial charge in [0.2, 0.25) is 5.95 Å². The maximum atomic E-state index is 13.0. The molecule has 0 aliphatic rings. The van der Waals surface area contributed by atoms with E-state index in [0.717, 1.165) is 6.07 Å². The number of rotatable bonds is 5. The lowest BCUT2D eigenvalue weighted by atomic mass is 10.2. The molecule has 0 bridgehead atoms. The first-order valence-electron chi connectivity index (χ1n) is 7.11. The Hall–Kier alpha value is -2.15. The normalized spacial score (nSPS) is 12.3. The molecule has 1 N–H and O–H groups in total. The van der Waals surface area contributed by atoms with Crippen LogP contribution in [0.5, 0.6) is 5.75 Å². The van der Waals surface area contributed by atoms with Crippen molar-refractivity contribution in [1.82, 2.24) is 14.8 Å². The number of anilines is 1. The average Bonchev–Trinajstić information content (AvgIpc) is 2.83. The van der Waals surface area contributed by atoms with E-state index in [9.17, 15) is 9.18 Å². The van der Waals surface area contributed by atoms with Gasteiger partial charge in [-0.15, -0.1) is 0 Å². The molecule has 6 nitrogen and oxygen atoms in total. The van der Waals surface area contributed by atoms with Crippen molar-refractivity contribution in [2.24, 2.45) is 7.05 Å². The zero-order valence-corrected chi connectivity index (χ0v) is 14.1. The van der Waals surface area contributed by atoms with Crippen LogP contribution < -0.4 is 10.1 Å². The lowest BCUT2D eigenvalue weighted by Gasteiger charge is -2.15. The van der Waals surface area contributed by atoms with E-state index >= 15 is 0 Å². The number of hydrogen-bond donors (Lipinski definition) is 1. The molecule has 0 aliphatic carbocycles. The summed E-state index contributed by atoms with van der Waals surface area (Å²) in [7, 11) is 1.69. The first-order chi connectivity index (χ1) is 10.8. The summed E-state index contributed by atoms with van der Waals surface area (Å²) in [5.74, 6) is 0.475. The largest absolute Gasteiger partial charge is 0.479 e. The molecule has 1 atom stereocenters. The van der Waals surface area contributed by atoms with E-state index in [-0.39, 0.29) is 16.7 Å². The van der Waals surface area contributed by atoms with Crippen LogP contribution in [0.2, 0.25) is 5.02 Å². The standard InChI is InChI=1S/C15H18ClFN4O2/c1-8(2)13-18-15(21(4)20-13)19-14(22)9(3)23-12-6-5-10(17)7-11(12)16/h5-9H,1-4H3,(H,18,19,20,22). The van der Waals surface area contributed by atoms with Crippen LogP contribution >= 0.6 is 11.6 Å². The number of halogens is 2. The molecule has 0 fully saturated rings. The Morgan fingerprint density at radius 1 is 1.39 bits per heavy atom. The van der Waals surface area contributed by atoms with Crippen LogP contribution in [0, 0.1) is 5.82 Å². The van der Waals surface area contributed by atoms with Crippen molar-refractivity contribution in [2.75, 3.05) is 5.32 Å². The van der Waals surface area contributed by atoms with Gasteiger partial charge in [-0.2, -0.15) is 10.1 Å². The predicted octanol–water partition coefficient (Wildman–Crippen LogP) is 3.14. The van der Waals surface area contributed by atoms with Gasteiger partial charge in [0.15, 0.2) is 11.9 Å². The Morgan fingerprint density at radius 3 is 2.65 bits per heavy atom. The molecule has 0 saturated carbocycles. The zero-order chi connectivity index (χ0) is 17.1. The maximum Gasteiger partial charge on any atom is 0.267 e. The smallest absolute Gasteiger partial charge is 0.267 e. The second-order valence-electron chi connectivity index (χ2n) is 5.40. The van der Waals surface area contributed by atoms with E-state index in [0.29, 0.717) is 11.8 Å². The third-order valence-electron chi connectivity index (χ3n) is 3.10. The lowest BCUT2D eigenvalue weighted by molar-refractivity contribution is -0.122. The highest BCUT2D eigenvalue weighted by Gasteiger charge is 2.19. The Morgan fingerprint density at radius 2 is 2.09 bits per heavy atom. The van der Waals surface area contributed by atoms with E-state index < -0.39 is 17.8 Å². The fraction of sp³-hybridized carbons (Fsp3) is 0.400. The summed E-state index contributed by atoms with van der Waals surface area (Å²) in [6, 6.07) is 3.71. The Kier molecular flexibility index (Phi) is 5.20. The number of carbonyl (C=O) groups is 1. The van der Waals surface area contributed by atoms with E-state index in [2.05, 4.69) is 15.4 Å². The molecule has 1 amide bonds. The highest BCUT2D eigenvalue weighted by Crippen LogP contribution is 2.26. The van der Waals surface area contributed by atoms with Crippen molar-refractivity contribution in [3.05, 3.63) is 34.9 Å². The van der Waals surface area contributed by atoms with Crippen LogP contribution in [-0.2, 0) is 11.8 Å². The van der Waals surface area contributed by atoms with Crippen LogP contribution in [0.1, 0.15) is 32.5 Å². The molecular weight excluding hydrogens is 323 g/mol. The number of aromatic nitrogens is 3. The summed E-state index contributed by atoms with van der Waals surface area (Å²) >= 11 is 5.88. The van der Waals surface area contributed by atoms with Gasteiger partial charge in [-0.05, 0) is 25.1 Å². The quantitative estimate of drug-likeness (QED) is 0.907. The summed E-state index contributed by atoms with van der Waals surface area (Å²) in [5, 5.41) is 6.96. The molecule has 0 spiro atoms. The SMILES string of the molecule is CC(Oc1ccc(F)cc1Cl)C(=O)Nc1nc(C(C)C)nn1C. The fourth-order valence-electron chi connectivity index (χ4n) is 1.78. The molecule has 8 heteroatoms. The maximum absolute atomic E-state index is 13.0. The summed E-state index contributed by atoms with van der Waals surface area (Å²) in [6.07, 6.45) is -0.836. The minimum absolute atomic E-state index is 0.102. The molecule has 1 aromatic heterocycles. The molecule has 0 radical (unpaired) electrons. The van der Waals surface area contributed by atoms with Crippen molar-refractivity contribution in [3.63, 3.8) is 0 Å².